The van der Waals surface area contributed by atoms with Gasteiger partial charge in [-0.2, -0.15) is 0 Å². The summed E-state index contributed by atoms with van der Waals surface area (Å²) in [6.45, 7) is 5.23. The Labute approximate surface area is 185 Å². The third-order valence-electron chi connectivity index (χ3n) is 4.35. The Morgan fingerprint density at radius 2 is 1.63 bits per heavy atom. The summed E-state index contributed by atoms with van der Waals surface area (Å²) >= 11 is 3.52. The summed E-state index contributed by atoms with van der Waals surface area (Å²) < 4.78 is 11.9. The molecular formula is C24H25BrN2O3. The maximum absolute atomic E-state index is 12.1. The molecule has 0 aliphatic carbocycles. The molecule has 3 rings (SSSR count). The van der Waals surface area contributed by atoms with Gasteiger partial charge in [-0.25, -0.2) is 0 Å². The van der Waals surface area contributed by atoms with Crippen LogP contribution in [-0.2, 0) is 11.3 Å². The number of carbonyl (C=O) groups excluding carboxylic acids is 1. The van der Waals surface area contributed by atoms with Gasteiger partial charge in [-0.15, -0.1) is 0 Å². The summed E-state index contributed by atoms with van der Waals surface area (Å²) in [6, 6.07) is 21.3. The van der Waals surface area contributed by atoms with Crippen LogP contribution in [0.1, 0.15) is 18.1 Å². The van der Waals surface area contributed by atoms with Crippen LogP contribution in [0.2, 0.25) is 0 Å². The molecule has 30 heavy (non-hydrogen) atoms. The Morgan fingerprint density at radius 1 is 0.933 bits per heavy atom. The van der Waals surface area contributed by atoms with E-state index in [0.717, 1.165) is 32.7 Å². The SMILES string of the molecule is CCOc1ccc(NCc2ccc(OCC(=O)Nc3ccc(C)cc3)c(Br)c2)cc1. The maximum atomic E-state index is 12.1. The lowest BCUT2D eigenvalue weighted by Crippen LogP contribution is -2.20. The molecular weight excluding hydrogens is 444 g/mol. The lowest BCUT2D eigenvalue weighted by atomic mass is 10.2. The molecule has 3 aromatic rings. The van der Waals surface area contributed by atoms with Crippen LogP contribution in [0.4, 0.5) is 11.4 Å². The third kappa shape index (κ3) is 6.52. The summed E-state index contributed by atoms with van der Waals surface area (Å²) in [7, 11) is 0. The van der Waals surface area contributed by atoms with Crippen molar-refractivity contribution < 1.29 is 14.3 Å². The van der Waals surface area contributed by atoms with Gasteiger partial charge < -0.3 is 20.1 Å². The standard InChI is InChI=1S/C24H25BrN2O3/c1-3-29-21-11-9-19(10-12-21)26-15-18-6-13-23(22(25)14-18)30-16-24(28)27-20-7-4-17(2)5-8-20/h4-14,26H,3,15-16H2,1-2H3,(H,27,28). The van der Waals surface area contributed by atoms with Crippen molar-refractivity contribution in [1.29, 1.82) is 0 Å². The van der Waals surface area contributed by atoms with Crippen LogP contribution in [0.5, 0.6) is 11.5 Å². The van der Waals surface area contributed by atoms with E-state index in [1.165, 1.54) is 0 Å². The first-order valence-electron chi connectivity index (χ1n) is 9.78. The first-order valence-corrected chi connectivity index (χ1v) is 10.6. The molecule has 1 amide bonds. The molecule has 0 aliphatic rings. The van der Waals surface area contributed by atoms with Gasteiger partial charge in [0.25, 0.3) is 5.91 Å². The van der Waals surface area contributed by atoms with Crippen LogP contribution in [0, 0.1) is 6.92 Å². The van der Waals surface area contributed by atoms with Crippen LogP contribution in [-0.4, -0.2) is 19.1 Å². The Kier molecular flexibility index (Phi) is 7.74. The Balaban J connectivity index is 1.49. The van der Waals surface area contributed by atoms with Crippen LogP contribution in [0.3, 0.4) is 0 Å². The van der Waals surface area contributed by atoms with Crippen LogP contribution < -0.4 is 20.1 Å². The highest BCUT2D eigenvalue weighted by molar-refractivity contribution is 9.10. The number of aryl methyl sites for hydroxylation is 1. The summed E-state index contributed by atoms with van der Waals surface area (Å²) in [6.07, 6.45) is 0. The molecule has 0 radical (unpaired) electrons. The summed E-state index contributed by atoms with van der Waals surface area (Å²) in [5.41, 5.74) is 4.00. The molecule has 6 heteroatoms. The highest BCUT2D eigenvalue weighted by Crippen LogP contribution is 2.26. The lowest BCUT2D eigenvalue weighted by molar-refractivity contribution is -0.118. The zero-order valence-corrected chi connectivity index (χ0v) is 18.7. The first kappa shape index (κ1) is 21.7. The van der Waals surface area contributed by atoms with E-state index in [1.54, 1.807) is 0 Å². The van der Waals surface area contributed by atoms with Crippen LogP contribution in [0.25, 0.3) is 0 Å². The molecule has 0 spiro atoms. The number of halogens is 1. The fourth-order valence-corrected chi connectivity index (χ4v) is 3.33. The number of hydrogen-bond acceptors (Lipinski definition) is 4. The average Bonchev–Trinajstić information content (AvgIpc) is 2.74. The van der Waals surface area contributed by atoms with E-state index in [0.29, 0.717) is 18.9 Å². The van der Waals surface area contributed by atoms with Crippen LogP contribution >= 0.6 is 15.9 Å². The summed E-state index contributed by atoms with van der Waals surface area (Å²) in [5, 5.41) is 6.20. The second-order valence-electron chi connectivity index (χ2n) is 6.78. The highest BCUT2D eigenvalue weighted by atomic mass is 79.9. The van der Waals surface area contributed by atoms with E-state index in [4.69, 9.17) is 9.47 Å². The molecule has 2 N–H and O–H groups in total. The molecule has 0 fully saturated rings. The van der Waals surface area contributed by atoms with Gasteiger partial charge in [-0.1, -0.05) is 23.8 Å². The molecule has 0 atom stereocenters. The topological polar surface area (TPSA) is 59.6 Å². The fourth-order valence-electron chi connectivity index (χ4n) is 2.79. The van der Waals surface area contributed by atoms with Crippen molar-refractivity contribution in [3.05, 3.63) is 82.3 Å². The highest BCUT2D eigenvalue weighted by Gasteiger charge is 2.07. The molecule has 156 valence electrons. The van der Waals surface area contributed by atoms with Crippen molar-refractivity contribution >= 4 is 33.2 Å². The molecule has 0 saturated carbocycles. The Hall–Kier alpha value is -2.99. The van der Waals surface area contributed by atoms with Gasteiger partial charge >= 0.3 is 0 Å². The second-order valence-corrected chi connectivity index (χ2v) is 7.63. The monoisotopic (exact) mass is 468 g/mol. The largest absolute Gasteiger partial charge is 0.494 e. The molecule has 5 nitrogen and oxygen atoms in total. The Morgan fingerprint density at radius 3 is 2.30 bits per heavy atom. The normalized spacial score (nSPS) is 10.4. The van der Waals surface area contributed by atoms with Gasteiger partial charge in [0.05, 0.1) is 11.1 Å². The minimum absolute atomic E-state index is 0.0593. The van der Waals surface area contributed by atoms with Gasteiger partial charge in [0.1, 0.15) is 11.5 Å². The smallest absolute Gasteiger partial charge is 0.262 e. The predicted molar refractivity (Wildman–Crippen MR) is 124 cm³/mol. The quantitative estimate of drug-likeness (QED) is 0.417. The lowest BCUT2D eigenvalue weighted by Gasteiger charge is -2.12. The number of anilines is 2. The van der Waals surface area contributed by atoms with E-state index >= 15 is 0 Å². The van der Waals surface area contributed by atoms with Crippen molar-refractivity contribution in [3.63, 3.8) is 0 Å². The number of hydrogen-bond donors (Lipinski definition) is 2. The molecule has 0 aromatic heterocycles. The first-order chi connectivity index (χ1) is 14.5. The zero-order valence-electron chi connectivity index (χ0n) is 17.1. The van der Waals surface area contributed by atoms with E-state index in [2.05, 4.69) is 26.6 Å². The molecule has 0 unspecified atom stereocenters. The molecule has 0 heterocycles. The van der Waals surface area contributed by atoms with Gasteiger partial charge in [0.15, 0.2) is 6.61 Å². The van der Waals surface area contributed by atoms with Gasteiger partial charge in [0.2, 0.25) is 0 Å². The fraction of sp³-hybridized carbons (Fsp3) is 0.208. The minimum atomic E-state index is -0.202. The van der Waals surface area contributed by atoms with Gasteiger partial charge in [-0.05, 0) is 83.9 Å². The maximum Gasteiger partial charge on any atom is 0.262 e. The zero-order chi connectivity index (χ0) is 21.3. The van der Waals surface area contributed by atoms with Gasteiger partial charge in [0, 0.05) is 17.9 Å². The third-order valence-corrected chi connectivity index (χ3v) is 4.97. The number of benzene rings is 3. The molecule has 3 aromatic carbocycles. The molecule has 0 saturated heterocycles. The minimum Gasteiger partial charge on any atom is -0.494 e. The van der Waals surface area contributed by atoms with Crippen molar-refractivity contribution in [2.45, 2.75) is 20.4 Å². The van der Waals surface area contributed by atoms with E-state index in [1.807, 2.05) is 80.6 Å². The van der Waals surface area contributed by atoms with E-state index in [-0.39, 0.29) is 12.5 Å². The van der Waals surface area contributed by atoms with Crippen molar-refractivity contribution in [2.75, 3.05) is 23.8 Å². The van der Waals surface area contributed by atoms with Crippen molar-refractivity contribution in [2.24, 2.45) is 0 Å². The number of ether oxygens (including phenoxy) is 2. The van der Waals surface area contributed by atoms with Crippen LogP contribution in [0.15, 0.2) is 71.2 Å². The number of nitrogens with one attached hydrogen (secondary N) is 2. The van der Waals surface area contributed by atoms with Crippen molar-refractivity contribution in [1.82, 2.24) is 0 Å². The predicted octanol–water partition coefficient (Wildman–Crippen LogP) is 5.79. The summed E-state index contributed by atoms with van der Waals surface area (Å²) in [5.74, 6) is 1.28. The summed E-state index contributed by atoms with van der Waals surface area (Å²) in [4.78, 5) is 12.1. The molecule has 0 aliphatic heterocycles. The van der Waals surface area contributed by atoms with Gasteiger partial charge in [-0.3, -0.25) is 4.79 Å². The van der Waals surface area contributed by atoms with E-state index < -0.39 is 0 Å². The van der Waals surface area contributed by atoms with E-state index in [9.17, 15) is 4.79 Å². The second kappa shape index (κ2) is 10.7. The average molecular weight is 469 g/mol. The molecule has 0 bridgehead atoms. The number of rotatable bonds is 9. The Bertz CT molecular complexity index is 973. The number of amides is 1. The van der Waals surface area contributed by atoms with Crippen molar-refractivity contribution in [3.8, 4) is 11.5 Å². The number of carbonyl (C=O) groups is 1.